The van der Waals surface area contributed by atoms with E-state index in [2.05, 4.69) is 5.32 Å². The van der Waals surface area contributed by atoms with Crippen molar-refractivity contribution in [1.82, 2.24) is 14.5 Å². The molecule has 182 valence electrons. The molecule has 1 unspecified atom stereocenters. The molecule has 4 aromatic rings. The van der Waals surface area contributed by atoms with Gasteiger partial charge in [0.25, 0.3) is 5.91 Å². The molecule has 1 atom stereocenters. The third kappa shape index (κ3) is 4.97. The highest BCUT2D eigenvalue weighted by Gasteiger charge is 2.27. The monoisotopic (exact) mass is 502 g/mol. The van der Waals surface area contributed by atoms with Gasteiger partial charge in [-0.1, -0.05) is 35.4 Å². The molecule has 5 rings (SSSR count). The van der Waals surface area contributed by atoms with E-state index in [9.17, 15) is 9.18 Å². The smallest absolute Gasteiger partial charge is 0.267 e. The number of hydrogen-bond donors (Lipinski definition) is 1. The Morgan fingerprint density at radius 1 is 1.08 bits per heavy atom. The zero-order valence-corrected chi connectivity index (χ0v) is 20.5. The summed E-state index contributed by atoms with van der Waals surface area (Å²) < 4.78 is 21.3. The number of fused-ring (bicyclic) bond motifs is 1. The Morgan fingerprint density at radius 2 is 1.83 bits per heavy atom. The molecule has 0 radical (unpaired) electrons. The van der Waals surface area contributed by atoms with Crippen LogP contribution in [0.5, 0.6) is 5.75 Å². The second-order valence-corrected chi connectivity index (χ2v) is 9.01. The van der Waals surface area contributed by atoms with E-state index in [0.717, 1.165) is 22.6 Å². The summed E-state index contributed by atoms with van der Waals surface area (Å²) in [5, 5.41) is 3.98. The maximum atomic E-state index is 13.6. The van der Waals surface area contributed by atoms with Crippen molar-refractivity contribution in [1.29, 1.82) is 0 Å². The summed E-state index contributed by atoms with van der Waals surface area (Å²) in [6.45, 7) is 3.98. The molecule has 1 amide bonds. The number of imidazole rings is 1. The van der Waals surface area contributed by atoms with Gasteiger partial charge in [-0.3, -0.25) is 9.36 Å². The molecule has 0 spiro atoms. The molecular weight excluding hydrogens is 479 g/mol. The normalized spacial score (nSPS) is 13.3. The summed E-state index contributed by atoms with van der Waals surface area (Å²) >= 11 is 6.03. The fraction of sp³-hybridized carbons (Fsp3) is 0.143. The number of carbonyl (C=O) groups is 1. The highest BCUT2D eigenvalue weighted by atomic mass is 35.5. The van der Waals surface area contributed by atoms with Crippen LogP contribution in [0.3, 0.4) is 0 Å². The second kappa shape index (κ2) is 9.87. The van der Waals surface area contributed by atoms with Crippen molar-refractivity contribution in [2.24, 2.45) is 0 Å². The minimum Gasteiger partial charge on any atom is -0.481 e. The highest BCUT2D eigenvalue weighted by Crippen LogP contribution is 2.34. The molecule has 1 aliphatic heterocycles. The Morgan fingerprint density at radius 3 is 2.56 bits per heavy atom. The number of aryl methyl sites for hydroxylation is 1. The lowest BCUT2D eigenvalue weighted by Crippen LogP contribution is -2.38. The van der Waals surface area contributed by atoms with Crippen LogP contribution >= 0.6 is 11.6 Å². The molecule has 2 heterocycles. The first-order chi connectivity index (χ1) is 17.4. The Bertz CT molecular complexity index is 1430. The van der Waals surface area contributed by atoms with E-state index < -0.39 is 6.10 Å². The maximum absolute atomic E-state index is 13.6. The van der Waals surface area contributed by atoms with E-state index in [-0.39, 0.29) is 18.3 Å². The average Bonchev–Trinajstić information content (AvgIpc) is 3.22. The third-order valence-corrected chi connectivity index (χ3v) is 6.10. The third-order valence-electron chi connectivity index (χ3n) is 5.86. The van der Waals surface area contributed by atoms with Gasteiger partial charge >= 0.3 is 0 Å². The summed E-state index contributed by atoms with van der Waals surface area (Å²) in [4.78, 5) is 19.5. The van der Waals surface area contributed by atoms with Gasteiger partial charge in [-0.2, -0.15) is 0 Å². The van der Waals surface area contributed by atoms with Crippen LogP contribution < -0.4 is 10.1 Å². The van der Waals surface area contributed by atoms with Crippen molar-refractivity contribution in [3.63, 3.8) is 0 Å². The number of halogens is 2. The predicted molar refractivity (Wildman–Crippen MR) is 140 cm³/mol. The molecule has 36 heavy (non-hydrogen) atoms. The van der Waals surface area contributed by atoms with E-state index in [1.165, 1.54) is 12.1 Å². The predicted octanol–water partition coefficient (Wildman–Crippen LogP) is 6.63. The van der Waals surface area contributed by atoms with Gasteiger partial charge in [-0.15, -0.1) is 0 Å². The van der Waals surface area contributed by atoms with Crippen LogP contribution in [0.2, 0.25) is 5.02 Å². The SMILES string of the molecule is Cc1ccc(Nc2c(-c3ccc(F)cc3)nc3n2C=CN(C(=O)C(C)Oc2cccc(Cl)c2)C3)cc1. The van der Waals surface area contributed by atoms with E-state index in [4.69, 9.17) is 21.3 Å². The topological polar surface area (TPSA) is 59.4 Å². The minimum atomic E-state index is -0.726. The molecule has 1 N–H and O–H groups in total. The van der Waals surface area contributed by atoms with Gasteiger partial charge in [0.05, 0.1) is 6.54 Å². The number of aromatic nitrogens is 2. The lowest BCUT2D eigenvalue weighted by Gasteiger charge is -2.26. The first kappa shape index (κ1) is 23.6. The summed E-state index contributed by atoms with van der Waals surface area (Å²) in [5.74, 6) is 1.38. The largest absolute Gasteiger partial charge is 0.481 e. The average molecular weight is 503 g/mol. The Balaban J connectivity index is 1.43. The molecule has 0 bridgehead atoms. The fourth-order valence-corrected chi connectivity index (χ4v) is 4.17. The number of nitrogens with one attached hydrogen (secondary N) is 1. The second-order valence-electron chi connectivity index (χ2n) is 8.57. The standard InChI is InChI=1S/C28H24ClFN4O2/c1-18-6-12-23(13-7-18)31-27-26(20-8-10-22(30)11-9-20)32-25-17-33(14-15-34(25)27)28(35)19(2)36-24-5-3-4-21(29)16-24/h3-16,19,31H,17H2,1-2H3. The lowest BCUT2D eigenvalue weighted by molar-refractivity contribution is -0.135. The first-order valence-corrected chi connectivity index (χ1v) is 11.9. The number of rotatable bonds is 6. The van der Waals surface area contributed by atoms with E-state index in [0.29, 0.717) is 22.3 Å². The molecule has 3 aromatic carbocycles. The van der Waals surface area contributed by atoms with Crippen LogP contribution in [0.4, 0.5) is 15.9 Å². The van der Waals surface area contributed by atoms with Crippen molar-refractivity contribution in [2.45, 2.75) is 26.5 Å². The number of hydrogen-bond acceptors (Lipinski definition) is 4. The summed E-state index contributed by atoms with van der Waals surface area (Å²) in [7, 11) is 0. The zero-order chi connectivity index (χ0) is 25.2. The van der Waals surface area contributed by atoms with Gasteiger partial charge in [-0.05, 0) is 68.4 Å². The van der Waals surface area contributed by atoms with Crippen LogP contribution in [-0.4, -0.2) is 26.5 Å². The van der Waals surface area contributed by atoms with E-state index in [1.54, 1.807) is 60.6 Å². The number of anilines is 2. The fourth-order valence-electron chi connectivity index (χ4n) is 3.99. The Kier molecular flexibility index (Phi) is 6.48. The minimum absolute atomic E-state index is 0.211. The molecule has 0 saturated carbocycles. The van der Waals surface area contributed by atoms with Crippen LogP contribution in [0.1, 0.15) is 18.3 Å². The molecule has 0 aliphatic carbocycles. The molecular formula is C28H24ClFN4O2. The van der Waals surface area contributed by atoms with Gasteiger partial charge in [0.1, 0.15) is 28.9 Å². The maximum Gasteiger partial charge on any atom is 0.267 e. The summed E-state index contributed by atoms with van der Waals surface area (Å²) in [6, 6.07) is 21.1. The number of carbonyl (C=O) groups excluding carboxylic acids is 1. The lowest BCUT2D eigenvalue weighted by atomic mass is 10.1. The van der Waals surface area contributed by atoms with Crippen molar-refractivity contribution < 1.29 is 13.9 Å². The Hall–Kier alpha value is -4.10. The molecule has 0 saturated heterocycles. The van der Waals surface area contributed by atoms with Gasteiger partial charge < -0.3 is 15.0 Å². The van der Waals surface area contributed by atoms with Crippen LogP contribution in [0, 0.1) is 12.7 Å². The number of amides is 1. The van der Waals surface area contributed by atoms with Gasteiger partial charge in [-0.25, -0.2) is 9.37 Å². The first-order valence-electron chi connectivity index (χ1n) is 11.5. The molecule has 0 fully saturated rings. The van der Waals surface area contributed by atoms with E-state index in [1.807, 2.05) is 35.8 Å². The summed E-state index contributed by atoms with van der Waals surface area (Å²) in [5.41, 5.74) is 3.46. The highest BCUT2D eigenvalue weighted by molar-refractivity contribution is 6.30. The van der Waals surface area contributed by atoms with Gasteiger partial charge in [0, 0.05) is 28.7 Å². The van der Waals surface area contributed by atoms with Gasteiger partial charge in [0.2, 0.25) is 0 Å². The number of benzene rings is 3. The molecule has 6 nitrogen and oxygen atoms in total. The van der Waals surface area contributed by atoms with Crippen LogP contribution in [-0.2, 0) is 11.3 Å². The molecule has 1 aromatic heterocycles. The number of ether oxygens (including phenoxy) is 1. The molecule has 8 heteroatoms. The van der Waals surface area contributed by atoms with Crippen molar-refractivity contribution in [2.75, 3.05) is 5.32 Å². The summed E-state index contributed by atoms with van der Waals surface area (Å²) in [6.07, 6.45) is 2.78. The zero-order valence-electron chi connectivity index (χ0n) is 19.8. The Labute approximate surface area is 213 Å². The van der Waals surface area contributed by atoms with Crippen LogP contribution in [0.25, 0.3) is 17.5 Å². The van der Waals surface area contributed by atoms with Crippen molar-refractivity contribution in [3.8, 4) is 17.0 Å². The number of nitrogens with zero attached hydrogens (tertiary/aromatic N) is 3. The quantitative estimate of drug-likeness (QED) is 0.321. The van der Waals surface area contributed by atoms with Crippen molar-refractivity contribution >= 4 is 35.2 Å². The van der Waals surface area contributed by atoms with Crippen LogP contribution in [0.15, 0.2) is 79.0 Å². The molecule has 1 aliphatic rings. The van der Waals surface area contributed by atoms with Crippen molar-refractivity contribution in [3.05, 3.63) is 101 Å². The van der Waals surface area contributed by atoms with Gasteiger partial charge in [0.15, 0.2) is 6.10 Å². The van der Waals surface area contributed by atoms with E-state index >= 15 is 0 Å².